The van der Waals surface area contributed by atoms with Crippen LogP contribution in [0.2, 0.25) is 0 Å². The predicted molar refractivity (Wildman–Crippen MR) is 93.0 cm³/mol. The Bertz CT molecular complexity index is 672. The second-order valence-electron chi connectivity index (χ2n) is 6.52. The topological polar surface area (TPSA) is 47.4 Å². The van der Waals surface area contributed by atoms with E-state index < -0.39 is 0 Å². The van der Waals surface area contributed by atoms with Crippen molar-refractivity contribution in [3.63, 3.8) is 0 Å². The number of carbonyl (C=O) groups is 1. The molecule has 1 atom stereocenters. The van der Waals surface area contributed by atoms with Crippen LogP contribution in [0.3, 0.4) is 0 Å². The Balaban J connectivity index is 1.68. The van der Waals surface area contributed by atoms with Crippen LogP contribution in [-0.2, 0) is 18.2 Å². The van der Waals surface area contributed by atoms with Gasteiger partial charge in [0.15, 0.2) is 0 Å². The van der Waals surface area contributed by atoms with Crippen molar-refractivity contribution in [2.24, 2.45) is 7.05 Å². The van der Waals surface area contributed by atoms with E-state index in [0.717, 1.165) is 25.9 Å². The van der Waals surface area contributed by atoms with E-state index in [1.54, 1.807) is 17.1 Å². The summed E-state index contributed by atoms with van der Waals surface area (Å²) in [5.41, 5.74) is 3.14. The predicted octanol–water partition coefficient (Wildman–Crippen LogP) is 2.59. The minimum Gasteiger partial charge on any atom is -0.376 e. The number of carbonyl (C=O) groups excluding carboxylic acids is 1. The standard InChI is InChI=1S/C19H25N3O2/c1-15-5-7-16(8-6-15)9-10-22(14-18-4-3-11-24-18)19(23)17-12-20-21(2)13-17/h5-8,12-13,18H,3-4,9-11,14H2,1-2H3/t18-/m1/s1. The second kappa shape index (κ2) is 7.62. The van der Waals surface area contributed by atoms with E-state index in [2.05, 4.69) is 36.3 Å². The van der Waals surface area contributed by atoms with Crippen LogP contribution in [0.4, 0.5) is 0 Å². The van der Waals surface area contributed by atoms with Gasteiger partial charge in [0.2, 0.25) is 0 Å². The number of ether oxygens (including phenoxy) is 1. The molecule has 0 bridgehead atoms. The molecule has 1 fully saturated rings. The second-order valence-corrected chi connectivity index (χ2v) is 6.52. The molecule has 24 heavy (non-hydrogen) atoms. The highest BCUT2D eigenvalue weighted by atomic mass is 16.5. The number of hydrogen-bond acceptors (Lipinski definition) is 3. The lowest BCUT2D eigenvalue weighted by Crippen LogP contribution is -2.38. The number of aryl methyl sites for hydroxylation is 2. The van der Waals surface area contributed by atoms with Gasteiger partial charge >= 0.3 is 0 Å². The third kappa shape index (κ3) is 4.23. The van der Waals surface area contributed by atoms with Gasteiger partial charge in [-0.2, -0.15) is 5.10 Å². The lowest BCUT2D eigenvalue weighted by Gasteiger charge is -2.25. The Morgan fingerprint density at radius 2 is 2.17 bits per heavy atom. The number of nitrogens with zero attached hydrogens (tertiary/aromatic N) is 3. The summed E-state index contributed by atoms with van der Waals surface area (Å²) in [5, 5.41) is 4.12. The molecule has 1 aliphatic heterocycles. The van der Waals surface area contributed by atoms with Crippen molar-refractivity contribution in [2.75, 3.05) is 19.7 Å². The van der Waals surface area contributed by atoms with Crippen molar-refractivity contribution in [1.82, 2.24) is 14.7 Å². The Morgan fingerprint density at radius 1 is 1.38 bits per heavy atom. The molecule has 0 aliphatic carbocycles. The van der Waals surface area contributed by atoms with Gasteiger partial charge in [0.05, 0.1) is 17.9 Å². The van der Waals surface area contributed by atoms with Crippen LogP contribution in [0.15, 0.2) is 36.7 Å². The van der Waals surface area contributed by atoms with Gasteiger partial charge in [-0.15, -0.1) is 0 Å². The van der Waals surface area contributed by atoms with Crippen molar-refractivity contribution in [3.05, 3.63) is 53.3 Å². The maximum absolute atomic E-state index is 12.8. The maximum atomic E-state index is 12.8. The fraction of sp³-hybridized carbons (Fsp3) is 0.474. The lowest BCUT2D eigenvalue weighted by atomic mass is 10.1. The van der Waals surface area contributed by atoms with Crippen LogP contribution in [-0.4, -0.2) is 46.4 Å². The zero-order chi connectivity index (χ0) is 16.9. The highest BCUT2D eigenvalue weighted by Gasteiger charge is 2.24. The van der Waals surface area contributed by atoms with E-state index >= 15 is 0 Å². The molecule has 1 aromatic carbocycles. The highest BCUT2D eigenvalue weighted by Crippen LogP contribution is 2.16. The fourth-order valence-corrected chi connectivity index (χ4v) is 3.04. The third-order valence-corrected chi connectivity index (χ3v) is 4.48. The summed E-state index contributed by atoms with van der Waals surface area (Å²) in [7, 11) is 1.83. The van der Waals surface area contributed by atoms with E-state index in [0.29, 0.717) is 18.7 Å². The molecule has 2 aromatic rings. The molecule has 0 radical (unpaired) electrons. The molecule has 0 spiro atoms. The van der Waals surface area contributed by atoms with Crippen LogP contribution >= 0.6 is 0 Å². The van der Waals surface area contributed by atoms with Crippen LogP contribution in [0.5, 0.6) is 0 Å². The quantitative estimate of drug-likeness (QED) is 0.819. The molecular weight excluding hydrogens is 302 g/mol. The molecule has 1 saturated heterocycles. The van der Waals surface area contributed by atoms with Crippen molar-refractivity contribution < 1.29 is 9.53 Å². The fourth-order valence-electron chi connectivity index (χ4n) is 3.04. The van der Waals surface area contributed by atoms with Crippen molar-refractivity contribution in [3.8, 4) is 0 Å². The molecule has 2 heterocycles. The van der Waals surface area contributed by atoms with Gasteiger partial charge in [-0.05, 0) is 31.7 Å². The first-order valence-corrected chi connectivity index (χ1v) is 8.57. The Morgan fingerprint density at radius 3 is 2.79 bits per heavy atom. The Kier molecular flexibility index (Phi) is 5.30. The number of amides is 1. The summed E-state index contributed by atoms with van der Waals surface area (Å²) in [5.74, 6) is 0.0331. The molecule has 1 aliphatic rings. The molecule has 0 N–H and O–H groups in total. The molecule has 1 aromatic heterocycles. The lowest BCUT2D eigenvalue weighted by molar-refractivity contribution is 0.0528. The number of aromatic nitrogens is 2. The average Bonchev–Trinajstić information content (AvgIpc) is 3.24. The van der Waals surface area contributed by atoms with E-state index in [-0.39, 0.29) is 12.0 Å². The van der Waals surface area contributed by atoms with Crippen LogP contribution < -0.4 is 0 Å². The zero-order valence-electron chi connectivity index (χ0n) is 14.4. The molecular formula is C19H25N3O2. The first kappa shape index (κ1) is 16.7. The minimum atomic E-state index is 0.0331. The highest BCUT2D eigenvalue weighted by molar-refractivity contribution is 5.93. The van der Waals surface area contributed by atoms with E-state index in [1.165, 1.54) is 11.1 Å². The molecule has 0 unspecified atom stereocenters. The summed E-state index contributed by atoms with van der Waals surface area (Å²) in [4.78, 5) is 14.7. The van der Waals surface area contributed by atoms with Crippen LogP contribution in [0.25, 0.3) is 0 Å². The van der Waals surface area contributed by atoms with Gasteiger partial charge in [-0.1, -0.05) is 29.8 Å². The third-order valence-electron chi connectivity index (χ3n) is 4.48. The number of rotatable bonds is 6. The first-order valence-electron chi connectivity index (χ1n) is 8.57. The van der Waals surface area contributed by atoms with E-state index in [1.807, 2.05) is 11.9 Å². The van der Waals surface area contributed by atoms with Gasteiger partial charge < -0.3 is 9.64 Å². The number of hydrogen-bond donors (Lipinski definition) is 0. The van der Waals surface area contributed by atoms with E-state index in [9.17, 15) is 4.79 Å². The average molecular weight is 327 g/mol. The van der Waals surface area contributed by atoms with Crippen molar-refractivity contribution in [2.45, 2.75) is 32.3 Å². The zero-order valence-corrected chi connectivity index (χ0v) is 14.4. The maximum Gasteiger partial charge on any atom is 0.257 e. The monoisotopic (exact) mass is 327 g/mol. The summed E-state index contributed by atoms with van der Waals surface area (Å²) in [6.07, 6.45) is 6.52. The summed E-state index contributed by atoms with van der Waals surface area (Å²) in [6, 6.07) is 8.49. The molecule has 5 nitrogen and oxygen atoms in total. The largest absolute Gasteiger partial charge is 0.376 e. The summed E-state index contributed by atoms with van der Waals surface area (Å²) < 4.78 is 7.39. The van der Waals surface area contributed by atoms with Gasteiger partial charge in [0.1, 0.15) is 0 Å². The normalized spacial score (nSPS) is 17.2. The molecule has 0 saturated carbocycles. The van der Waals surface area contributed by atoms with E-state index in [4.69, 9.17) is 4.74 Å². The summed E-state index contributed by atoms with van der Waals surface area (Å²) >= 11 is 0. The van der Waals surface area contributed by atoms with Gasteiger partial charge in [0.25, 0.3) is 5.91 Å². The smallest absolute Gasteiger partial charge is 0.257 e. The number of benzene rings is 1. The van der Waals surface area contributed by atoms with Crippen molar-refractivity contribution in [1.29, 1.82) is 0 Å². The minimum absolute atomic E-state index is 0.0331. The van der Waals surface area contributed by atoms with Gasteiger partial charge in [-0.3, -0.25) is 9.48 Å². The molecule has 1 amide bonds. The Hall–Kier alpha value is -2.14. The molecule has 128 valence electrons. The first-order chi connectivity index (χ1) is 11.6. The molecule has 5 heteroatoms. The van der Waals surface area contributed by atoms with Gasteiger partial charge in [0, 0.05) is 32.9 Å². The van der Waals surface area contributed by atoms with Crippen LogP contribution in [0, 0.1) is 6.92 Å². The molecule has 3 rings (SSSR count). The summed E-state index contributed by atoms with van der Waals surface area (Å²) in [6.45, 7) is 4.23. The van der Waals surface area contributed by atoms with Gasteiger partial charge in [-0.25, -0.2) is 0 Å². The van der Waals surface area contributed by atoms with Crippen molar-refractivity contribution >= 4 is 5.91 Å². The Labute approximate surface area is 143 Å². The SMILES string of the molecule is Cc1ccc(CCN(C[C@H]2CCCO2)C(=O)c2cnn(C)c2)cc1. The van der Waals surface area contributed by atoms with Crippen LogP contribution in [0.1, 0.15) is 34.3 Å².